The number of aliphatic hydroxyl groups excluding tert-OH is 2. The third-order valence-corrected chi connectivity index (χ3v) is 14.0. The largest absolute Gasteiger partial charge is 0.490 e. The molecule has 1 saturated heterocycles. The van der Waals surface area contributed by atoms with Crippen molar-refractivity contribution in [2.45, 2.75) is 264 Å². The lowest BCUT2D eigenvalue weighted by atomic mass is 9.96. The van der Waals surface area contributed by atoms with Gasteiger partial charge in [-0.25, -0.2) is 4.79 Å². The fourth-order valence-corrected chi connectivity index (χ4v) is 9.41. The van der Waals surface area contributed by atoms with E-state index in [0.717, 1.165) is 64.2 Å². The van der Waals surface area contributed by atoms with Gasteiger partial charge in [-0.1, -0.05) is 207 Å². The average molecular weight is 1030 g/mol. The van der Waals surface area contributed by atoms with E-state index in [1.807, 2.05) is 0 Å². The van der Waals surface area contributed by atoms with Crippen LogP contribution in [0.25, 0.3) is 0 Å². The molecule has 2 aromatic carbocycles. The molecular formula is C61H103NO11. The first-order chi connectivity index (χ1) is 35.8. The number of ether oxygens (including phenoxy) is 7. The number of esters is 1. The average Bonchev–Trinajstić information content (AvgIpc) is 3.40. The van der Waals surface area contributed by atoms with Gasteiger partial charge in [0, 0.05) is 12.7 Å². The Hall–Kier alpha value is -3.58. The number of nitrogens with one attached hydrogen (secondary N) is 1. The molecule has 12 nitrogen and oxygen atoms in total. The van der Waals surface area contributed by atoms with Gasteiger partial charge in [0.05, 0.1) is 38.6 Å². The zero-order valence-corrected chi connectivity index (χ0v) is 46.6. The summed E-state index contributed by atoms with van der Waals surface area (Å²) in [5, 5.41) is 24.8. The third-order valence-electron chi connectivity index (χ3n) is 14.0. The number of amides is 1. The number of hydrogen-bond donors (Lipinski definition) is 3. The molecule has 0 bridgehead atoms. The summed E-state index contributed by atoms with van der Waals surface area (Å²) in [5.41, 5.74) is 0.467. The van der Waals surface area contributed by atoms with Gasteiger partial charge in [-0.15, -0.1) is 0 Å². The monoisotopic (exact) mass is 1030 g/mol. The summed E-state index contributed by atoms with van der Waals surface area (Å²) >= 11 is 0. The number of carbonyl (C=O) groups is 2. The van der Waals surface area contributed by atoms with Gasteiger partial charge in [0.1, 0.15) is 18.2 Å². The number of carbonyl (C=O) groups excluding carboxylic acids is 2. The molecule has 1 fully saturated rings. The maximum absolute atomic E-state index is 14.2. The molecule has 3 rings (SSSR count). The molecule has 0 aliphatic carbocycles. The van der Waals surface area contributed by atoms with Crippen LogP contribution in [-0.2, 0) is 14.2 Å². The molecule has 1 heterocycles. The van der Waals surface area contributed by atoms with Gasteiger partial charge in [0.15, 0.2) is 35.4 Å². The summed E-state index contributed by atoms with van der Waals surface area (Å²) in [5.74, 6) is 0.787. The molecule has 0 spiro atoms. The van der Waals surface area contributed by atoms with Crippen molar-refractivity contribution in [3.63, 3.8) is 0 Å². The lowest BCUT2D eigenvalue weighted by molar-refractivity contribution is -0.261. The van der Waals surface area contributed by atoms with Crippen LogP contribution >= 0.6 is 0 Å². The van der Waals surface area contributed by atoms with Crippen molar-refractivity contribution in [1.82, 2.24) is 5.32 Å². The molecular weight excluding hydrogens is 923 g/mol. The smallest absolute Gasteiger partial charge is 0.338 e. The Morgan fingerprint density at radius 2 is 0.836 bits per heavy atom. The van der Waals surface area contributed by atoms with Gasteiger partial charge in [-0.05, 0) is 62.1 Å². The summed E-state index contributed by atoms with van der Waals surface area (Å²) in [7, 11) is 1.40. The predicted octanol–water partition coefficient (Wildman–Crippen LogP) is 14.8. The van der Waals surface area contributed by atoms with Crippen LogP contribution in [0.15, 0.2) is 36.4 Å². The van der Waals surface area contributed by atoms with Crippen LogP contribution in [0, 0.1) is 0 Å². The van der Waals surface area contributed by atoms with E-state index < -0.39 is 49.1 Å². The summed E-state index contributed by atoms with van der Waals surface area (Å²) in [6.07, 6.45) is 32.6. The molecule has 73 heavy (non-hydrogen) atoms. The van der Waals surface area contributed by atoms with Crippen LogP contribution in [0.5, 0.6) is 23.0 Å². The van der Waals surface area contributed by atoms with Crippen LogP contribution < -0.4 is 24.3 Å². The highest BCUT2D eigenvalue weighted by Crippen LogP contribution is 2.33. The molecule has 1 amide bonds. The standard InChI is InChI=1S/C61H103NO11/c1-6-10-14-18-22-26-30-34-42-68-51-40-38-49(46-53(51)70-44-36-32-28-24-20-16-12-8-3)59(65)62-56-58(57(64)55(48-63)72-61(56)67-5)73-60(66)50-39-41-52(69-43-35-31-27-23-19-15-11-7-2)54(47-50)71-45-37-33-29-25-21-17-13-9-4/h38-41,46-47,55-58,61,63-64H,6-37,42-45,48H2,1-5H3,(H,62,65)/t55-,56-,57-,58-,61+/m1/s1. The minimum Gasteiger partial charge on any atom is -0.490 e. The van der Waals surface area contributed by atoms with Crippen molar-refractivity contribution in [2.75, 3.05) is 40.1 Å². The summed E-state index contributed by atoms with van der Waals surface area (Å²) in [6.45, 7) is 10.4. The molecule has 0 saturated carbocycles. The van der Waals surface area contributed by atoms with E-state index in [1.165, 1.54) is 148 Å². The molecule has 5 atom stereocenters. The lowest BCUT2D eigenvalue weighted by Gasteiger charge is -2.43. The highest BCUT2D eigenvalue weighted by Gasteiger charge is 2.48. The van der Waals surface area contributed by atoms with Crippen LogP contribution in [0.4, 0.5) is 0 Å². The summed E-state index contributed by atoms with van der Waals surface area (Å²) in [4.78, 5) is 28.4. The summed E-state index contributed by atoms with van der Waals surface area (Å²) < 4.78 is 42.8. The Morgan fingerprint density at radius 1 is 0.493 bits per heavy atom. The second-order valence-electron chi connectivity index (χ2n) is 20.4. The number of rotatable bonds is 46. The SMILES string of the molecule is CCCCCCCCCCOc1ccc(C(=O)N[C@H]2[C@@H](OC)O[C@H](CO)[C@@H](O)[C@@H]2OC(=O)c2ccc(OCCCCCCCCCC)c(OCCCCCCCCCC)c2)cc1OCCCCCCCCCC. The molecule has 3 N–H and O–H groups in total. The van der Waals surface area contributed by atoms with E-state index in [9.17, 15) is 19.8 Å². The van der Waals surface area contributed by atoms with Gasteiger partial charge < -0.3 is 48.7 Å². The van der Waals surface area contributed by atoms with Crippen molar-refractivity contribution in [3.05, 3.63) is 47.5 Å². The second kappa shape index (κ2) is 41.6. The molecule has 0 aromatic heterocycles. The number of hydrogen-bond acceptors (Lipinski definition) is 11. The van der Waals surface area contributed by atoms with Crippen molar-refractivity contribution >= 4 is 11.9 Å². The molecule has 2 aromatic rings. The van der Waals surface area contributed by atoms with Gasteiger partial charge in [0.25, 0.3) is 5.91 Å². The predicted molar refractivity (Wildman–Crippen MR) is 295 cm³/mol. The topological polar surface area (TPSA) is 151 Å². The first-order valence-corrected chi connectivity index (χ1v) is 29.6. The zero-order chi connectivity index (χ0) is 52.6. The molecule has 0 unspecified atom stereocenters. The normalized spacial score (nSPS) is 17.6. The Balaban J connectivity index is 1.76. The van der Waals surface area contributed by atoms with Crippen LogP contribution in [0.3, 0.4) is 0 Å². The number of aliphatic hydroxyl groups is 2. The number of benzene rings is 2. The van der Waals surface area contributed by atoms with Crippen molar-refractivity contribution in [3.8, 4) is 23.0 Å². The second-order valence-corrected chi connectivity index (χ2v) is 20.4. The van der Waals surface area contributed by atoms with Gasteiger partial charge in [-0.3, -0.25) is 4.79 Å². The summed E-state index contributed by atoms with van der Waals surface area (Å²) in [6, 6.07) is 8.93. The van der Waals surface area contributed by atoms with Crippen LogP contribution in [-0.4, -0.2) is 92.9 Å². The molecule has 1 aliphatic heterocycles. The van der Waals surface area contributed by atoms with E-state index in [-0.39, 0.29) is 11.1 Å². The van der Waals surface area contributed by atoms with Crippen molar-refractivity contribution in [2.24, 2.45) is 0 Å². The van der Waals surface area contributed by atoms with Crippen molar-refractivity contribution < 1.29 is 53.0 Å². The van der Waals surface area contributed by atoms with E-state index in [2.05, 4.69) is 33.0 Å². The highest BCUT2D eigenvalue weighted by molar-refractivity contribution is 5.95. The Labute approximate surface area is 443 Å². The molecule has 1 aliphatic rings. The quantitative estimate of drug-likeness (QED) is 0.0429. The molecule has 12 heteroatoms. The first kappa shape index (κ1) is 63.7. The van der Waals surface area contributed by atoms with Gasteiger partial charge in [0.2, 0.25) is 0 Å². The third kappa shape index (κ3) is 26.7. The zero-order valence-electron chi connectivity index (χ0n) is 46.6. The van der Waals surface area contributed by atoms with Gasteiger partial charge in [-0.2, -0.15) is 0 Å². The van der Waals surface area contributed by atoms with Crippen LogP contribution in [0.1, 0.15) is 254 Å². The first-order valence-electron chi connectivity index (χ1n) is 29.6. The maximum atomic E-state index is 14.2. The molecule has 0 radical (unpaired) electrons. The Morgan fingerprint density at radius 3 is 1.21 bits per heavy atom. The van der Waals surface area contributed by atoms with E-state index >= 15 is 0 Å². The Kier molecular flexibility index (Phi) is 36.3. The lowest BCUT2D eigenvalue weighted by Crippen LogP contribution is -2.65. The minimum atomic E-state index is -1.50. The van der Waals surface area contributed by atoms with Gasteiger partial charge >= 0.3 is 5.97 Å². The fourth-order valence-electron chi connectivity index (χ4n) is 9.41. The fraction of sp³-hybridized carbons (Fsp3) is 0.770. The number of unbranched alkanes of at least 4 members (excludes halogenated alkanes) is 28. The minimum absolute atomic E-state index is 0.185. The highest BCUT2D eigenvalue weighted by atomic mass is 16.7. The Bertz CT molecular complexity index is 1690. The van der Waals surface area contributed by atoms with Crippen molar-refractivity contribution in [1.29, 1.82) is 0 Å². The maximum Gasteiger partial charge on any atom is 0.338 e. The van der Waals surface area contributed by atoms with Crippen LogP contribution in [0.2, 0.25) is 0 Å². The molecule has 418 valence electrons. The number of methoxy groups -OCH3 is 1. The van der Waals surface area contributed by atoms with E-state index in [1.54, 1.807) is 36.4 Å². The van der Waals surface area contributed by atoms with E-state index in [4.69, 9.17) is 33.2 Å². The van der Waals surface area contributed by atoms with E-state index in [0.29, 0.717) is 49.4 Å².